The first kappa shape index (κ1) is 20.0. The van der Waals surface area contributed by atoms with Crippen LogP contribution in [0.25, 0.3) is 0 Å². The topological polar surface area (TPSA) is 44.7 Å². The van der Waals surface area contributed by atoms with E-state index in [0.29, 0.717) is 10.8 Å². The fourth-order valence-corrected chi connectivity index (χ4v) is 3.80. The number of piperazine rings is 1. The molecule has 0 aromatic heterocycles. The molecule has 0 bridgehead atoms. The molecule has 0 radical (unpaired) electrons. The van der Waals surface area contributed by atoms with E-state index in [2.05, 4.69) is 37.1 Å². The minimum Gasteiger partial charge on any atom is -0.508 e. The van der Waals surface area contributed by atoms with Crippen molar-refractivity contribution in [1.82, 2.24) is 10.2 Å². The highest BCUT2D eigenvalue weighted by molar-refractivity contribution is 6.30. The van der Waals surface area contributed by atoms with Gasteiger partial charge in [-0.1, -0.05) is 37.6 Å². The fourth-order valence-electron chi connectivity index (χ4n) is 3.61. The summed E-state index contributed by atoms with van der Waals surface area (Å²) < 4.78 is 6.74. The molecule has 0 amide bonds. The van der Waals surface area contributed by atoms with E-state index < -0.39 is 5.72 Å². The summed E-state index contributed by atoms with van der Waals surface area (Å²) in [6.07, 6.45) is 0. The van der Waals surface area contributed by atoms with Crippen LogP contribution in [0.5, 0.6) is 11.5 Å². The highest BCUT2D eigenvalue weighted by atomic mass is 35.5. The van der Waals surface area contributed by atoms with Gasteiger partial charge in [0.1, 0.15) is 11.5 Å². The molecule has 0 aliphatic carbocycles. The molecule has 146 valence electrons. The van der Waals surface area contributed by atoms with E-state index in [1.54, 1.807) is 0 Å². The second-order valence-corrected chi connectivity index (χ2v) is 8.10. The number of benzene rings is 2. The van der Waals surface area contributed by atoms with Crippen molar-refractivity contribution in [1.29, 1.82) is 0 Å². The Morgan fingerprint density at radius 3 is 2.52 bits per heavy atom. The molecule has 1 atom stereocenters. The lowest BCUT2D eigenvalue weighted by Crippen LogP contribution is -2.55. The van der Waals surface area contributed by atoms with E-state index in [9.17, 15) is 5.11 Å². The van der Waals surface area contributed by atoms with Crippen molar-refractivity contribution in [2.24, 2.45) is 0 Å². The zero-order valence-corrected chi connectivity index (χ0v) is 17.3. The third-order valence-corrected chi connectivity index (χ3v) is 5.57. The van der Waals surface area contributed by atoms with Gasteiger partial charge in [0.05, 0.1) is 0 Å². The van der Waals surface area contributed by atoms with Gasteiger partial charge < -0.3 is 15.2 Å². The number of hydrogen-bond acceptors (Lipinski definition) is 4. The van der Waals surface area contributed by atoms with Crippen molar-refractivity contribution in [3.05, 3.63) is 58.1 Å². The molecule has 1 heterocycles. The van der Waals surface area contributed by atoms with Crippen LogP contribution < -0.4 is 10.1 Å². The van der Waals surface area contributed by atoms with Gasteiger partial charge in [0.15, 0.2) is 5.72 Å². The van der Waals surface area contributed by atoms with E-state index >= 15 is 0 Å². The van der Waals surface area contributed by atoms with Crippen molar-refractivity contribution < 1.29 is 9.84 Å². The summed E-state index contributed by atoms with van der Waals surface area (Å²) in [6, 6.07) is 11.7. The molecule has 0 saturated carbocycles. The lowest BCUT2D eigenvalue weighted by atomic mass is 9.98. The van der Waals surface area contributed by atoms with Crippen LogP contribution in [0.3, 0.4) is 0 Å². The Bertz CT molecular complexity index is 803. The maximum atomic E-state index is 10.2. The number of ether oxygens (including phenoxy) is 1. The number of nitrogens with one attached hydrogen (secondary N) is 1. The van der Waals surface area contributed by atoms with Crippen LogP contribution in [-0.4, -0.2) is 36.2 Å². The Morgan fingerprint density at radius 1 is 1.19 bits per heavy atom. The minimum absolute atomic E-state index is 0.234. The molecule has 2 N–H and O–H groups in total. The van der Waals surface area contributed by atoms with E-state index in [4.69, 9.17) is 16.3 Å². The molecule has 27 heavy (non-hydrogen) atoms. The molecule has 5 heteroatoms. The van der Waals surface area contributed by atoms with Crippen LogP contribution in [-0.2, 0) is 5.72 Å². The van der Waals surface area contributed by atoms with Crippen LogP contribution in [0.4, 0.5) is 0 Å². The number of rotatable bonds is 5. The van der Waals surface area contributed by atoms with E-state index in [1.807, 2.05) is 37.3 Å². The fraction of sp³-hybridized carbons (Fsp3) is 0.455. The predicted octanol–water partition coefficient (Wildman–Crippen LogP) is 4.63. The van der Waals surface area contributed by atoms with E-state index in [-0.39, 0.29) is 5.92 Å². The average Bonchev–Trinajstić information content (AvgIpc) is 2.65. The molecule has 0 spiro atoms. The van der Waals surface area contributed by atoms with Crippen molar-refractivity contribution >= 4 is 11.6 Å². The second-order valence-electron chi connectivity index (χ2n) is 7.66. The van der Waals surface area contributed by atoms with Gasteiger partial charge in [0.25, 0.3) is 0 Å². The van der Waals surface area contributed by atoms with Crippen LogP contribution in [0.1, 0.15) is 43.4 Å². The molecule has 1 aliphatic heterocycles. The first-order valence-electron chi connectivity index (χ1n) is 9.55. The number of hydrogen-bond donors (Lipinski definition) is 2. The van der Waals surface area contributed by atoms with Crippen LogP contribution in [0.2, 0.25) is 5.02 Å². The predicted molar refractivity (Wildman–Crippen MR) is 111 cm³/mol. The second kappa shape index (κ2) is 8.09. The number of aromatic hydroxyl groups is 1. The van der Waals surface area contributed by atoms with Gasteiger partial charge in [0, 0.05) is 42.3 Å². The Labute approximate surface area is 167 Å². The average molecular weight is 389 g/mol. The Balaban J connectivity index is 2.08. The van der Waals surface area contributed by atoms with Gasteiger partial charge in [0.2, 0.25) is 0 Å². The summed E-state index contributed by atoms with van der Waals surface area (Å²) >= 11 is 6.30. The minimum atomic E-state index is -0.653. The van der Waals surface area contributed by atoms with Crippen molar-refractivity contribution in [2.45, 2.75) is 39.3 Å². The molecule has 1 unspecified atom stereocenters. The number of phenolic OH excluding ortho intramolecular Hbond substituents is 1. The Kier molecular flexibility index (Phi) is 5.99. The van der Waals surface area contributed by atoms with Gasteiger partial charge >= 0.3 is 0 Å². The quantitative estimate of drug-likeness (QED) is 0.783. The van der Waals surface area contributed by atoms with Gasteiger partial charge in [-0.3, -0.25) is 4.90 Å². The third kappa shape index (κ3) is 4.23. The summed E-state index contributed by atoms with van der Waals surface area (Å²) in [7, 11) is 0. The summed E-state index contributed by atoms with van der Waals surface area (Å²) in [6.45, 7) is 11.8. The van der Waals surface area contributed by atoms with Gasteiger partial charge in [-0.25, -0.2) is 0 Å². The SMILES string of the molecule is Cc1cc(OC(C)(c2cccc(Cl)c2)N2CCNCC2)c(C(C)C)cc1O. The molecule has 2 aromatic carbocycles. The van der Waals surface area contributed by atoms with Gasteiger partial charge in [-0.15, -0.1) is 0 Å². The Morgan fingerprint density at radius 2 is 1.89 bits per heavy atom. The molecular weight excluding hydrogens is 360 g/mol. The summed E-state index contributed by atoms with van der Waals surface area (Å²) in [5.74, 6) is 1.34. The first-order valence-corrected chi connectivity index (χ1v) is 9.93. The molecule has 4 nitrogen and oxygen atoms in total. The molecule has 1 fully saturated rings. The van der Waals surface area contributed by atoms with Gasteiger partial charge in [-0.2, -0.15) is 0 Å². The third-order valence-electron chi connectivity index (χ3n) is 5.34. The number of aryl methyl sites for hydroxylation is 1. The number of halogens is 1. The summed E-state index contributed by atoms with van der Waals surface area (Å²) in [5.41, 5.74) is 2.18. The Hall–Kier alpha value is -1.75. The lowest BCUT2D eigenvalue weighted by molar-refractivity contribution is -0.0835. The maximum absolute atomic E-state index is 10.2. The van der Waals surface area contributed by atoms with Gasteiger partial charge in [-0.05, 0) is 49.6 Å². The van der Waals surface area contributed by atoms with Crippen LogP contribution >= 0.6 is 11.6 Å². The summed E-state index contributed by atoms with van der Waals surface area (Å²) in [5, 5.41) is 14.3. The molecular formula is C22H29ClN2O2. The summed E-state index contributed by atoms with van der Waals surface area (Å²) in [4.78, 5) is 2.35. The molecule has 2 aromatic rings. The maximum Gasteiger partial charge on any atom is 0.187 e. The zero-order valence-electron chi connectivity index (χ0n) is 16.6. The molecule has 1 saturated heterocycles. The highest BCUT2D eigenvalue weighted by Gasteiger charge is 2.38. The molecule has 1 aliphatic rings. The van der Waals surface area contributed by atoms with Crippen molar-refractivity contribution in [3.63, 3.8) is 0 Å². The first-order chi connectivity index (χ1) is 12.8. The van der Waals surface area contributed by atoms with Crippen molar-refractivity contribution in [2.75, 3.05) is 26.2 Å². The van der Waals surface area contributed by atoms with Crippen LogP contribution in [0.15, 0.2) is 36.4 Å². The highest BCUT2D eigenvalue weighted by Crippen LogP contribution is 2.39. The van der Waals surface area contributed by atoms with Crippen molar-refractivity contribution in [3.8, 4) is 11.5 Å². The zero-order chi connectivity index (χ0) is 19.6. The lowest BCUT2D eigenvalue weighted by Gasteiger charge is -2.44. The normalized spacial score (nSPS) is 17.7. The van der Waals surface area contributed by atoms with Crippen LogP contribution in [0, 0.1) is 6.92 Å². The largest absolute Gasteiger partial charge is 0.508 e. The smallest absolute Gasteiger partial charge is 0.187 e. The molecule has 3 rings (SSSR count). The number of phenols is 1. The monoisotopic (exact) mass is 388 g/mol. The standard InChI is InChI=1S/C22H29ClN2O2/c1-15(2)19-14-20(26)16(3)12-21(19)27-22(4,25-10-8-24-9-11-25)17-6-5-7-18(23)13-17/h5-7,12-15,24,26H,8-11H2,1-4H3. The number of nitrogens with zero attached hydrogens (tertiary/aromatic N) is 1. The van der Waals surface area contributed by atoms with E-state index in [1.165, 1.54) is 0 Å². The van der Waals surface area contributed by atoms with E-state index in [0.717, 1.165) is 48.6 Å².